The minimum Gasteiger partial charge on any atom is -0.325 e. The van der Waals surface area contributed by atoms with Gasteiger partial charge in [0.15, 0.2) is 0 Å². The molecule has 3 aromatic rings. The highest BCUT2D eigenvalue weighted by atomic mass is 32.2. The number of hydrogen-bond acceptors (Lipinski definition) is 5. The summed E-state index contributed by atoms with van der Waals surface area (Å²) in [6.07, 6.45) is 0. The van der Waals surface area contributed by atoms with E-state index in [1.807, 2.05) is 37.3 Å². The molecule has 132 valence electrons. The quantitative estimate of drug-likeness (QED) is 0.408. The van der Waals surface area contributed by atoms with Gasteiger partial charge in [-0.15, -0.1) is 0 Å². The van der Waals surface area contributed by atoms with E-state index in [9.17, 15) is 14.9 Å². The smallest absolute Gasteiger partial charge is 0.274 e. The fourth-order valence-corrected chi connectivity index (χ4v) is 3.39. The number of rotatable bonds is 5. The molecule has 1 N–H and O–H groups in total. The first-order valence-electron chi connectivity index (χ1n) is 7.98. The van der Waals surface area contributed by atoms with Crippen LogP contribution in [0.1, 0.15) is 11.1 Å². The van der Waals surface area contributed by atoms with Gasteiger partial charge in [-0.05, 0) is 37.6 Å². The average molecular weight is 367 g/mol. The SMILES string of the molecule is Cc1ccc(NC(=O)CSc2cc(C)c3ccccc3n2)cc1[N+](=O)[O-]. The molecular formula is C19H17N3O3S. The summed E-state index contributed by atoms with van der Waals surface area (Å²) in [7, 11) is 0. The minimum absolute atomic E-state index is 0.0118. The zero-order valence-corrected chi connectivity index (χ0v) is 15.2. The molecule has 0 saturated heterocycles. The van der Waals surface area contributed by atoms with Crippen LogP contribution in [0.3, 0.4) is 0 Å². The second-order valence-corrected chi connectivity index (χ2v) is 6.89. The molecule has 1 heterocycles. The summed E-state index contributed by atoms with van der Waals surface area (Å²) in [5.74, 6) is -0.0623. The molecular weight excluding hydrogens is 350 g/mol. The van der Waals surface area contributed by atoms with Crippen LogP contribution in [0.2, 0.25) is 0 Å². The van der Waals surface area contributed by atoms with Crippen molar-refractivity contribution in [3.8, 4) is 0 Å². The normalized spacial score (nSPS) is 10.7. The third-order valence-corrected chi connectivity index (χ3v) is 4.85. The molecule has 7 heteroatoms. The van der Waals surface area contributed by atoms with E-state index in [0.29, 0.717) is 11.3 Å². The molecule has 6 nitrogen and oxygen atoms in total. The van der Waals surface area contributed by atoms with Crippen LogP contribution in [0.25, 0.3) is 10.9 Å². The third kappa shape index (κ3) is 4.00. The lowest BCUT2D eigenvalue weighted by Crippen LogP contribution is -2.14. The highest BCUT2D eigenvalue weighted by molar-refractivity contribution is 7.99. The number of nitrogens with zero attached hydrogens (tertiary/aromatic N) is 2. The zero-order valence-electron chi connectivity index (χ0n) is 14.4. The molecule has 0 aliphatic rings. The largest absolute Gasteiger partial charge is 0.325 e. The van der Waals surface area contributed by atoms with Crippen LogP contribution in [-0.2, 0) is 4.79 Å². The molecule has 0 aliphatic carbocycles. The Morgan fingerprint density at radius 3 is 2.69 bits per heavy atom. The summed E-state index contributed by atoms with van der Waals surface area (Å²) in [4.78, 5) is 27.3. The fraction of sp³-hybridized carbons (Fsp3) is 0.158. The van der Waals surface area contributed by atoms with Crippen LogP contribution in [0, 0.1) is 24.0 Å². The number of thioether (sulfide) groups is 1. The van der Waals surface area contributed by atoms with Gasteiger partial charge in [-0.2, -0.15) is 0 Å². The molecule has 0 atom stereocenters. The summed E-state index contributed by atoms with van der Waals surface area (Å²) in [5, 5.41) is 15.5. The number of amides is 1. The van der Waals surface area contributed by atoms with Gasteiger partial charge in [-0.25, -0.2) is 4.98 Å². The summed E-state index contributed by atoms with van der Waals surface area (Å²) in [6.45, 7) is 3.67. The maximum Gasteiger partial charge on any atom is 0.274 e. The summed E-state index contributed by atoms with van der Waals surface area (Å²) < 4.78 is 0. The van der Waals surface area contributed by atoms with E-state index < -0.39 is 4.92 Å². The highest BCUT2D eigenvalue weighted by Gasteiger charge is 2.13. The zero-order chi connectivity index (χ0) is 18.7. The molecule has 0 fully saturated rings. The first-order chi connectivity index (χ1) is 12.4. The maximum atomic E-state index is 12.2. The second kappa shape index (κ2) is 7.53. The first-order valence-corrected chi connectivity index (χ1v) is 8.96. The van der Waals surface area contributed by atoms with Crippen molar-refractivity contribution in [1.29, 1.82) is 0 Å². The molecule has 0 bridgehead atoms. The number of anilines is 1. The van der Waals surface area contributed by atoms with E-state index in [-0.39, 0.29) is 17.3 Å². The van der Waals surface area contributed by atoms with E-state index >= 15 is 0 Å². The number of carbonyl (C=O) groups is 1. The molecule has 0 spiro atoms. The van der Waals surface area contributed by atoms with Gasteiger partial charge in [0.2, 0.25) is 5.91 Å². The lowest BCUT2D eigenvalue weighted by molar-refractivity contribution is -0.385. The Labute approximate surface area is 154 Å². The monoisotopic (exact) mass is 367 g/mol. The van der Waals surface area contributed by atoms with E-state index in [2.05, 4.69) is 10.3 Å². The number of aromatic nitrogens is 1. The number of carbonyl (C=O) groups excluding carboxylic acids is 1. The van der Waals surface area contributed by atoms with E-state index in [4.69, 9.17) is 0 Å². The number of hydrogen-bond donors (Lipinski definition) is 1. The molecule has 1 aromatic heterocycles. The number of nitrogens with one attached hydrogen (secondary N) is 1. The van der Waals surface area contributed by atoms with Crippen molar-refractivity contribution in [3.05, 3.63) is 69.8 Å². The number of nitro benzene ring substituents is 1. The maximum absolute atomic E-state index is 12.2. The number of benzene rings is 2. The van der Waals surface area contributed by atoms with Crippen molar-refractivity contribution in [1.82, 2.24) is 4.98 Å². The number of para-hydroxylation sites is 1. The van der Waals surface area contributed by atoms with Gasteiger partial charge in [-0.3, -0.25) is 14.9 Å². The molecule has 0 radical (unpaired) electrons. The molecule has 0 saturated carbocycles. The van der Waals surface area contributed by atoms with E-state index in [1.165, 1.54) is 17.8 Å². The van der Waals surface area contributed by atoms with Gasteiger partial charge >= 0.3 is 0 Å². The lowest BCUT2D eigenvalue weighted by atomic mass is 10.1. The first kappa shape index (κ1) is 17.9. The van der Waals surface area contributed by atoms with Gasteiger partial charge in [0.05, 0.1) is 21.2 Å². The van der Waals surface area contributed by atoms with Gasteiger partial charge in [0.25, 0.3) is 5.69 Å². The van der Waals surface area contributed by atoms with Crippen molar-refractivity contribution in [2.45, 2.75) is 18.9 Å². The lowest BCUT2D eigenvalue weighted by Gasteiger charge is -2.08. The second-order valence-electron chi connectivity index (χ2n) is 5.89. The molecule has 0 unspecified atom stereocenters. The Bertz CT molecular complexity index is 1000. The summed E-state index contributed by atoms with van der Waals surface area (Å²) in [5.41, 5.74) is 2.95. The number of pyridine rings is 1. The highest BCUT2D eigenvalue weighted by Crippen LogP contribution is 2.25. The van der Waals surface area contributed by atoms with Crippen molar-refractivity contribution < 1.29 is 9.72 Å². The molecule has 3 rings (SSSR count). The van der Waals surface area contributed by atoms with Crippen molar-refractivity contribution in [3.63, 3.8) is 0 Å². The molecule has 0 aliphatic heterocycles. The van der Waals surface area contributed by atoms with Crippen LogP contribution in [-0.4, -0.2) is 21.6 Å². The van der Waals surface area contributed by atoms with Gasteiger partial charge in [-0.1, -0.05) is 36.0 Å². The predicted molar refractivity (Wildman–Crippen MR) is 104 cm³/mol. The molecule has 26 heavy (non-hydrogen) atoms. The Kier molecular flexibility index (Phi) is 5.18. The Hall–Kier alpha value is -2.93. The van der Waals surface area contributed by atoms with Gasteiger partial charge in [0.1, 0.15) is 0 Å². The van der Waals surface area contributed by atoms with Crippen LogP contribution in [0.15, 0.2) is 53.6 Å². The van der Waals surface area contributed by atoms with Crippen LogP contribution in [0.5, 0.6) is 0 Å². The van der Waals surface area contributed by atoms with Crippen molar-refractivity contribution in [2.75, 3.05) is 11.1 Å². The minimum atomic E-state index is -0.457. The molecule has 1 amide bonds. The van der Waals surface area contributed by atoms with Crippen molar-refractivity contribution in [2.24, 2.45) is 0 Å². The van der Waals surface area contributed by atoms with E-state index in [0.717, 1.165) is 21.5 Å². The predicted octanol–water partition coefficient (Wildman–Crippen LogP) is 4.49. The fourth-order valence-electron chi connectivity index (χ4n) is 2.61. The van der Waals surface area contributed by atoms with Gasteiger partial charge < -0.3 is 5.32 Å². The standard InChI is InChI=1S/C19H17N3O3S/c1-12-7-8-14(10-17(12)22(24)25)20-18(23)11-26-19-9-13(2)15-5-3-4-6-16(15)21-19/h3-10H,11H2,1-2H3,(H,20,23). The molecule has 2 aromatic carbocycles. The Balaban J connectivity index is 1.68. The topological polar surface area (TPSA) is 85.1 Å². The van der Waals surface area contributed by atoms with Crippen molar-refractivity contribution >= 4 is 39.9 Å². The number of nitro groups is 1. The van der Waals surface area contributed by atoms with Crippen LogP contribution >= 0.6 is 11.8 Å². The summed E-state index contributed by atoms with van der Waals surface area (Å²) in [6, 6.07) is 14.5. The number of fused-ring (bicyclic) bond motifs is 1. The van der Waals surface area contributed by atoms with E-state index in [1.54, 1.807) is 19.1 Å². The summed E-state index contributed by atoms with van der Waals surface area (Å²) >= 11 is 1.33. The third-order valence-electron chi connectivity index (χ3n) is 3.94. The van der Waals surface area contributed by atoms with Gasteiger partial charge in [0, 0.05) is 22.7 Å². The van der Waals surface area contributed by atoms with Crippen LogP contribution in [0.4, 0.5) is 11.4 Å². The van der Waals surface area contributed by atoms with Crippen LogP contribution < -0.4 is 5.32 Å². The number of aryl methyl sites for hydroxylation is 2. The Morgan fingerprint density at radius 2 is 1.92 bits per heavy atom. The Morgan fingerprint density at radius 1 is 1.15 bits per heavy atom. The average Bonchev–Trinajstić information content (AvgIpc) is 2.61.